The molecule has 138 valence electrons. The number of hydrogen-bond acceptors (Lipinski definition) is 4. The van der Waals surface area contributed by atoms with Crippen LogP contribution in [0.15, 0.2) is 65.6 Å². The van der Waals surface area contributed by atoms with E-state index in [4.69, 9.17) is 11.6 Å². The minimum Gasteiger partial charge on any atom is -0.478 e. The Bertz CT molecular complexity index is 1100. The Morgan fingerprint density at radius 2 is 1.79 bits per heavy atom. The number of halogens is 1. The number of nitrogens with one attached hydrogen (secondary N) is 1. The third kappa shape index (κ3) is 4.29. The zero-order valence-electron chi connectivity index (χ0n) is 14.3. The number of rotatable bonds is 5. The number of nitrogens with zero attached hydrogens (tertiary/aromatic N) is 1. The number of carboxylic acids is 1. The molecular weight excluding hydrogens is 396 g/mol. The predicted molar refractivity (Wildman–Crippen MR) is 110 cm³/mol. The van der Waals surface area contributed by atoms with Crippen LogP contribution in [-0.2, 0) is 4.79 Å². The van der Waals surface area contributed by atoms with Crippen LogP contribution in [0.2, 0.25) is 5.02 Å². The smallest absolute Gasteiger partial charge is 0.339 e. The van der Waals surface area contributed by atoms with Crippen molar-refractivity contribution in [3.63, 3.8) is 0 Å². The zero-order valence-corrected chi connectivity index (χ0v) is 15.9. The molecule has 2 N–H and O–H groups in total. The number of anilines is 1. The molecule has 28 heavy (non-hydrogen) atoms. The van der Waals surface area contributed by atoms with Crippen molar-refractivity contribution in [1.29, 1.82) is 5.26 Å². The lowest BCUT2D eigenvalue weighted by Gasteiger charge is -2.06. The molecule has 1 heterocycles. The summed E-state index contributed by atoms with van der Waals surface area (Å²) in [4.78, 5) is 24.8. The van der Waals surface area contributed by atoms with Crippen LogP contribution in [0.5, 0.6) is 0 Å². The fourth-order valence-corrected chi connectivity index (χ4v) is 3.66. The van der Waals surface area contributed by atoms with E-state index in [9.17, 15) is 20.0 Å². The molecule has 5 nitrogen and oxygen atoms in total. The molecule has 0 spiro atoms. The van der Waals surface area contributed by atoms with Gasteiger partial charge >= 0.3 is 5.97 Å². The largest absolute Gasteiger partial charge is 0.478 e. The summed E-state index contributed by atoms with van der Waals surface area (Å²) in [6.07, 6.45) is 1.45. The summed E-state index contributed by atoms with van der Waals surface area (Å²) >= 11 is 7.07. The van der Waals surface area contributed by atoms with Gasteiger partial charge in [-0.3, -0.25) is 4.79 Å². The van der Waals surface area contributed by atoms with Crippen molar-refractivity contribution in [3.8, 4) is 16.5 Å². The molecule has 2 aromatic carbocycles. The van der Waals surface area contributed by atoms with Crippen LogP contribution in [0.3, 0.4) is 0 Å². The lowest BCUT2D eigenvalue weighted by Crippen LogP contribution is -2.15. The average molecular weight is 409 g/mol. The molecule has 0 saturated carbocycles. The molecule has 1 amide bonds. The minimum absolute atomic E-state index is 0.0299. The molecule has 0 unspecified atom stereocenters. The number of hydrogen-bond donors (Lipinski definition) is 2. The number of benzene rings is 2. The second-order valence-corrected chi connectivity index (χ2v) is 7.02. The maximum Gasteiger partial charge on any atom is 0.339 e. The topological polar surface area (TPSA) is 90.2 Å². The first-order chi connectivity index (χ1) is 13.5. The highest BCUT2D eigenvalue weighted by Gasteiger charge is 2.22. The predicted octanol–water partition coefficient (Wildman–Crippen LogP) is 5.31. The Hall–Kier alpha value is -3.40. The van der Waals surface area contributed by atoms with Crippen molar-refractivity contribution in [2.75, 3.05) is 5.32 Å². The Morgan fingerprint density at radius 3 is 2.39 bits per heavy atom. The summed E-state index contributed by atoms with van der Waals surface area (Å²) in [6, 6.07) is 17.5. The standard InChI is InChI=1S/C21H13ClN2O3S/c22-16-8-6-14(7-9-16)19-18(21(26)27)17(12-28-19)24-20(25)15(11-23)10-13-4-2-1-3-5-13/h1-10,12H,(H,24,25)(H,26,27). The second-order valence-electron chi connectivity index (χ2n) is 5.70. The van der Waals surface area contributed by atoms with Crippen molar-refractivity contribution < 1.29 is 14.7 Å². The van der Waals surface area contributed by atoms with Gasteiger partial charge in [0.15, 0.2) is 0 Å². The van der Waals surface area contributed by atoms with Gasteiger partial charge in [-0.2, -0.15) is 5.26 Å². The van der Waals surface area contributed by atoms with E-state index in [2.05, 4.69) is 5.32 Å². The Morgan fingerprint density at radius 1 is 1.11 bits per heavy atom. The summed E-state index contributed by atoms with van der Waals surface area (Å²) in [5.74, 6) is -1.85. The van der Waals surface area contributed by atoms with Crippen LogP contribution in [0.25, 0.3) is 16.5 Å². The molecule has 0 saturated heterocycles. The maximum atomic E-state index is 12.5. The molecule has 1 aromatic heterocycles. The molecule has 0 radical (unpaired) electrons. The third-order valence-corrected chi connectivity index (χ3v) is 5.12. The van der Waals surface area contributed by atoms with Gasteiger partial charge in [0, 0.05) is 10.4 Å². The average Bonchev–Trinajstić information content (AvgIpc) is 3.11. The highest BCUT2D eigenvalue weighted by Crippen LogP contribution is 2.36. The molecule has 0 aliphatic heterocycles. The highest BCUT2D eigenvalue weighted by molar-refractivity contribution is 7.14. The quantitative estimate of drug-likeness (QED) is 0.442. The summed E-state index contributed by atoms with van der Waals surface area (Å²) in [5.41, 5.74) is 1.36. The van der Waals surface area contributed by atoms with Crippen molar-refractivity contribution in [1.82, 2.24) is 0 Å². The van der Waals surface area contributed by atoms with Gasteiger partial charge in [-0.25, -0.2) is 4.79 Å². The fourth-order valence-electron chi connectivity index (χ4n) is 2.53. The molecule has 0 aliphatic carbocycles. The van der Waals surface area contributed by atoms with Gasteiger partial charge in [-0.1, -0.05) is 54.1 Å². The number of carboxylic acid groups (broad SMARTS) is 1. The van der Waals surface area contributed by atoms with Crippen LogP contribution in [0, 0.1) is 11.3 Å². The fraction of sp³-hybridized carbons (Fsp3) is 0. The van der Waals surface area contributed by atoms with Crippen LogP contribution in [0.1, 0.15) is 15.9 Å². The molecule has 0 atom stereocenters. The van der Waals surface area contributed by atoms with E-state index in [1.165, 1.54) is 17.4 Å². The van der Waals surface area contributed by atoms with Gasteiger partial charge in [0.25, 0.3) is 5.91 Å². The van der Waals surface area contributed by atoms with Crippen LogP contribution < -0.4 is 5.32 Å². The van der Waals surface area contributed by atoms with Crippen LogP contribution in [-0.4, -0.2) is 17.0 Å². The molecule has 7 heteroatoms. The van der Waals surface area contributed by atoms with Gasteiger partial charge in [0.2, 0.25) is 0 Å². The highest BCUT2D eigenvalue weighted by atomic mass is 35.5. The summed E-state index contributed by atoms with van der Waals surface area (Å²) in [7, 11) is 0. The van der Waals surface area contributed by atoms with Gasteiger partial charge < -0.3 is 10.4 Å². The number of carbonyl (C=O) groups is 2. The number of amides is 1. The van der Waals surface area contributed by atoms with Gasteiger partial charge in [-0.15, -0.1) is 11.3 Å². The SMILES string of the molecule is N#CC(=Cc1ccccc1)C(=O)Nc1csc(-c2ccc(Cl)cc2)c1C(=O)O. The number of carbonyl (C=O) groups excluding carboxylic acids is 1. The van der Waals surface area contributed by atoms with Gasteiger partial charge in [-0.05, 0) is 29.3 Å². The van der Waals surface area contributed by atoms with Crippen molar-refractivity contribution in [2.45, 2.75) is 0 Å². The molecular formula is C21H13ClN2O3S. The van der Waals surface area contributed by atoms with Crippen molar-refractivity contribution in [2.24, 2.45) is 0 Å². The molecule has 3 aromatic rings. The first kappa shape index (κ1) is 19.4. The first-order valence-electron chi connectivity index (χ1n) is 8.08. The number of aromatic carboxylic acids is 1. The minimum atomic E-state index is -1.17. The number of thiophene rings is 1. The van der Waals surface area contributed by atoms with E-state index < -0.39 is 11.9 Å². The van der Waals surface area contributed by atoms with E-state index >= 15 is 0 Å². The molecule has 0 aliphatic rings. The van der Waals surface area contributed by atoms with E-state index in [0.29, 0.717) is 21.0 Å². The molecule has 0 fully saturated rings. The molecule has 3 rings (SSSR count). The Balaban J connectivity index is 1.93. The monoisotopic (exact) mass is 408 g/mol. The normalized spacial score (nSPS) is 10.9. The van der Waals surface area contributed by atoms with Crippen LogP contribution >= 0.6 is 22.9 Å². The van der Waals surface area contributed by atoms with Crippen LogP contribution in [0.4, 0.5) is 5.69 Å². The van der Waals surface area contributed by atoms with E-state index in [-0.39, 0.29) is 16.8 Å². The molecule has 0 bridgehead atoms. The zero-order chi connectivity index (χ0) is 20.1. The second kappa shape index (κ2) is 8.53. The lowest BCUT2D eigenvalue weighted by molar-refractivity contribution is -0.112. The Labute approximate surface area is 170 Å². The summed E-state index contributed by atoms with van der Waals surface area (Å²) in [5, 5.41) is 23.6. The van der Waals surface area contributed by atoms with Crippen molar-refractivity contribution >= 4 is 46.6 Å². The third-order valence-electron chi connectivity index (χ3n) is 3.84. The first-order valence-corrected chi connectivity index (χ1v) is 9.34. The van der Waals surface area contributed by atoms with Gasteiger partial charge in [0.1, 0.15) is 17.2 Å². The van der Waals surface area contributed by atoms with E-state index in [1.807, 2.05) is 12.1 Å². The van der Waals surface area contributed by atoms with Gasteiger partial charge in [0.05, 0.1) is 10.6 Å². The Kier molecular flexibility index (Phi) is 5.90. The van der Waals surface area contributed by atoms with Crippen molar-refractivity contribution in [3.05, 3.63) is 81.7 Å². The van der Waals surface area contributed by atoms with E-state index in [0.717, 1.165) is 0 Å². The lowest BCUT2D eigenvalue weighted by atomic mass is 10.1. The summed E-state index contributed by atoms with van der Waals surface area (Å²) in [6.45, 7) is 0. The summed E-state index contributed by atoms with van der Waals surface area (Å²) < 4.78 is 0. The number of nitriles is 1. The van der Waals surface area contributed by atoms with E-state index in [1.54, 1.807) is 53.9 Å². The maximum absolute atomic E-state index is 12.5.